The smallest absolute Gasteiger partial charge is 0.371 e. The van der Waals surface area contributed by atoms with E-state index in [1.807, 2.05) is 13.8 Å². The maximum Gasteiger partial charge on any atom is 0.371 e. The highest BCUT2D eigenvalue weighted by molar-refractivity contribution is 9.10. The molecule has 2 rings (SSSR count). The van der Waals surface area contributed by atoms with Crippen LogP contribution in [0, 0.1) is 0 Å². The van der Waals surface area contributed by atoms with Gasteiger partial charge in [0.15, 0.2) is 4.67 Å². The minimum absolute atomic E-state index is 0.0416. The van der Waals surface area contributed by atoms with Crippen molar-refractivity contribution >= 4 is 37.7 Å². The van der Waals surface area contributed by atoms with Gasteiger partial charge in [-0.1, -0.05) is 0 Å². The predicted octanol–water partition coefficient (Wildman–Crippen LogP) is 2.32. The standard InChI is InChI=1S/C11H12BrN3O5S/c1-6(2)15-9(3-4-13-15)14-21(18,19)8-5-7(11(16)17)20-10(8)12/h3-6,14H,1-2H3,(H,16,17). The average Bonchev–Trinajstić information content (AvgIpc) is 2.95. The molecular weight excluding hydrogens is 366 g/mol. The van der Waals surface area contributed by atoms with Crippen LogP contribution in [0.4, 0.5) is 5.82 Å². The van der Waals surface area contributed by atoms with Gasteiger partial charge >= 0.3 is 5.97 Å². The Morgan fingerprint density at radius 3 is 2.71 bits per heavy atom. The van der Waals surface area contributed by atoms with Crippen LogP contribution in [0.1, 0.15) is 30.4 Å². The highest BCUT2D eigenvalue weighted by Crippen LogP contribution is 2.28. The molecule has 0 aromatic carbocycles. The molecule has 0 fully saturated rings. The predicted molar refractivity (Wildman–Crippen MR) is 76.8 cm³/mol. The van der Waals surface area contributed by atoms with Crippen LogP contribution in [0.15, 0.2) is 32.3 Å². The highest BCUT2D eigenvalue weighted by Gasteiger charge is 2.26. The number of anilines is 1. The summed E-state index contributed by atoms with van der Waals surface area (Å²) in [5, 5.41) is 12.8. The number of carboxylic acids is 1. The third-order valence-corrected chi connectivity index (χ3v) is 4.77. The molecule has 2 aromatic heterocycles. The lowest BCUT2D eigenvalue weighted by atomic mass is 10.4. The Bertz CT molecular complexity index is 778. The molecule has 0 saturated carbocycles. The van der Waals surface area contributed by atoms with Crippen molar-refractivity contribution in [2.24, 2.45) is 0 Å². The second-order valence-corrected chi connectivity index (χ2v) is 6.79. The number of nitrogens with zero attached hydrogens (tertiary/aromatic N) is 2. The van der Waals surface area contributed by atoms with E-state index in [1.54, 1.807) is 0 Å². The first-order chi connectivity index (χ1) is 9.72. The summed E-state index contributed by atoms with van der Waals surface area (Å²) in [5.41, 5.74) is 0. The van der Waals surface area contributed by atoms with Gasteiger partial charge in [0.25, 0.3) is 10.0 Å². The van der Waals surface area contributed by atoms with Crippen LogP contribution in [-0.4, -0.2) is 29.3 Å². The number of aromatic carboxylic acids is 1. The lowest BCUT2D eigenvalue weighted by Gasteiger charge is -2.12. The van der Waals surface area contributed by atoms with E-state index in [0.29, 0.717) is 0 Å². The van der Waals surface area contributed by atoms with Gasteiger partial charge in [-0.25, -0.2) is 17.9 Å². The van der Waals surface area contributed by atoms with Crippen LogP contribution in [0.2, 0.25) is 0 Å². The molecule has 0 spiro atoms. The molecule has 0 atom stereocenters. The van der Waals surface area contributed by atoms with Crippen molar-refractivity contribution in [1.82, 2.24) is 9.78 Å². The Hall–Kier alpha value is -1.81. The number of hydrogen-bond acceptors (Lipinski definition) is 5. The van der Waals surface area contributed by atoms with Crippen LogP contribution < -0.4 is 4.72 Å². The van der Waals surface area contributed by atoms with E-state index in [4.69, 9.17) is 9.52 Å². The lowest BCUT2D eigenvalue weighted by molar-refractivity contribution is 0.0661. The van der Waals surface area contributed by atoms with Gasteiger partial charge in [0, 0.05) is 18.2 Å². The van der Waals surface area contributed by atoms with Crippen molar-refractivity contribution in [3.8, 4) is 0 Å². The molecule has 21 heavy (non-hydrogen) atoms. The van der Waals surface area contributed by atoms with Gasteiger partial charge in [0.2, 0.25) is 5.76 Å². The summed E-state index contributed by atoms with van der Waals surface area (Å²) in [6.07, 6.45) is 1.46. The lowest BCUT2D eigenvalue weighted by Crippen LogP contribution is -2.17. The summed E-state index contributed by atoms with van der Waals surface area (Å²) in [6.45, 7) is 3.70. The summed E-state index contributed by atoms with van der Waals surface area (Å²) in [7, 11) is -4.00. The number of nitrogens with one attached hydrogen (secondary N) is 1. The van der Waals surface area contributed by atoms with Crippen molar-refractivity contribution in [2.75, 3.05) is 4.72 Å². The van der Waals surface area contributed by atoms with E-state index in [-0.39, 0.29) is 21.4 Å². The molecule has 0 aliphatic heterocycles. The van der Waals surface area contributed by atoms with Crippen LogP contribution in [0.3, 0.4) is 0 Å². The number of carbonyl (C=O) groups is 1. The van der Waals surface area contributed by atoms with Gasteiger partial charge in [0.1, 0.15) is 10.7 Å². The quantitative estimate of drug-likeness (QED) is 0.825. The fourth-order valence-electron chi connectivity index (χ4n) is 1.64. The number of halogens is 1. The normalized spacial score (nSPS) is 11.8. The zero-order valence-corrected chi connectivity index (χ0v) is 13.5. The zero-order valence-electron chi connectivity index (χ0n) is 11.1. The SMILES string of the molecule is CC(C)n1nccc1NS(=O)(=O)c1cc(C(=O)O)oc1Br. The van der Waals surface area contributed by atoms with Crippen molar-refractivity contribution in [3.05, 3.63) is 28.8 Å². The summed E-state index contributed by atoms with van der Waals surface area (Å²) in [5.74, 6) is -1.56. The molecule has 10 heteroatoms. The largest absolute Gasteiger partial charge is 0.475 e. The third kappa shape index (κ3) is 3.10. The van der Waals surface area contributed by atoms with Gasteiger partial charge in [-0.3, -0.25) is 4.72 Å². The van der Waals surface area contributed by atoms with Crippen LogP contribution in [0.25, 0.3) is 0 Å². The van der Waals surface area contributed by atoms with Gasteiger partial charge < -0.3 is 9.52 Å². The van der Waals surface area contributed by atoms with E-state index in [1.165, 1.54) is 16.9 Å². The number of sulfonamides is 1. The number of hydrogen-bond donors (Lipinski definition) is 2. The van der Waals surface area contributed by atoms with E-state index in [9.17, 15) is 13.2 Å². The maximum absolute atomic E-state index is 12.3. The summed E-state index contributed by atoms with van der Waals surface area (Å²) < 4.78 is 33.1. The minimum Gasteiger partial charge on any atom is -0.475 e. The Balaban J connectivity index is 2.39. The molecular formula is C11H12BrN3O5S. The molecule has 2 heterocycles. The van der Waals surface area contributed by atoms with Gasteiger partial charge in [-0.05, 0) is 29.8 Å². The van der Waals surface area contributed by atoms with E-state index in [0.717, 1.165) is 6.07 Å². The first-order valence-corrected chi connectivity index (χ1v) is 8.09. The highest BCUT2D eigenvalue weighted by atomic mass is 79.9. The zero-order chi connectivity index (χ0) is 15.8. The van der Waals surface area contributed by atoms with Crippen molar-refractivity contribution in [1.29, 1.82) is 0 Å². The fraction of sp³-hybridized carbons (Fsp3) is 0.273. The molecule has 2 aromatic rings. The molecule has 0 aliphatic carbocycles. The second-order valence-electron chi connectivity index (χ2n) is 4.41. The number of rotatable bonds is 5. The Labute approximate surface area is 128 Å². The molecule has 0 bridgehead atoms. The maximum atomic E-state index is 12.3. The van der Waals surface area contributed by atoms with Gasteiger partial charge in [-0.15, -0.1) is 0 Å². The Morgan fingerprint density at radius 2 is 2.19 bits per heavy atom. The van der Waals surface area contributed by atoms with Crippen LogP contribution >= 0.6 is 15.9 Å². The Kier molecular flexibility index (Phi) is 4.10. The van der Waals surface area contributed by atoms with Crippen LogP contribution in [0.5, 0.6) is 0 Å². The van der Waals surface area contributed by atoms with Crippen molar-refractivity contribution in [3.63, 3.8) is 0 Å². The van der Waals surface area contributed by atoms with Gasteiger partial charge in [-0.2, -0.15) is 5.10 Å². The molecule has 8 nitrogen and oxygen atoms in total. The summed E-state index contributed by atoms with van der Waals surface area (Å²) in [6, 6.07) is 2.40. The number of furan rings is 1. The molecule has 2 N–H and O–H groups in total. The van der Waals surface area contributed by atoms with E-state index in [2.05, 4.69) is 25.8 Å². The molecule has 0 unspecified atom stereocenters. The monoisotopic (exact) mass is 377 g/mol. The summed E-state index contributed by atoms with van der Waals surface area (Å²) >= 11 is 2.90. The van der Waals surface area contributed by atoms with Crippen molar-refractivity contribution in [2.45, 2.75) is 24.8 Å². The molecule has 0 aliphatic rings. The Morgan fingerprint density at radius 1 is 1.52 bits per heavy atom. The average molecular weight is 378 g/mol. The topological polar surface area (TPSA) is 114 Å². The van der Waals surface area contributed by atoms with E-state index >= 15 is 0 Å². The molecule has 114 valence electrons. The van der Waals surface area contributed by atoms with Gasteiger partial charge in [0.05, 0.1) is 6.20 Å². The summed E-state index contributed by atoms with van der Waals surface area (Å²) in [4.78, 5) is 10.5. The molecule has 0 amide bonds. The molecule has 0 saturated heterocycles. The minimum atomic E-state index is -4.00. The van der Waals surface area contributed by atoms with E-state index < -0.39 is 21.8 Å². The third-order valence-electron chi connectivity index (χ3n) is 2.55. The first-order valence-electron chi connectivity index (χ1n) is 5.81. The molecule has 0 radical (unpaired) electrons. The fourth-order valence-corrected chi connectivity index (χ4v) is 3.63. The number of aromatic nitrogens is 2. The number of carboxylic acid groups (broad SMARTS) is 1. The van der Waals surface area contributed by atoms with Crippen molar-refractivity contribution < 1.29 is 22.7 Å². The van der Waals surface area contributed by atoms with Crippen LogP contribution in [-0.2, 0) is 10.0 Å². The second kappa shape index (κ2) is 5.53. The first kappa shape index (κ1) is 15.6.